The SMILES string of the molecule is COc1nnc(C(C)C)n1-c1cc(C(=O)NCc2cnc(C)cn2)cc(-c2ccc(C)cc2)c1. The van der Waals surface area contributed by atoms with E-state index in [1.807, 2.05) is 62.6 Å². The molecule has 0 fully saturated rings. The van der Waals surface area contributed by atoms with E-state index >= 15 is 0 Å². The van der Waals surface area contributed by atoms with Crippen LogP contribution < -0.4 is 10.1 Å². The van der Waals surface area contributed by atoms with Gasteiger partial charge in [-0.1, -0.05) is 48.8 Å². The van der Waals surface area contributed by atoms with Gasteiger partial charge in [0.05, 0.1) is 36.9 Å². The molecule has 1 amide bonds. The van der Waals surface area contributed by atoms with E-state index in [4.69, 9.17) is 4.74 Å². The van der Waals surface area contributed by atoms with Crippen molar-refractivity contribution in [2.75, 3.05) is 7.11 Å². The van der Waals surface area contributed by atoms with Crippen molar-refractivity contribution in [3.8, 4) is 22.8 Å². The molecular weight excluding hydrogens is 428 g/mol. The lowest BCUT2D eigenvalue weighted by Gasteiger charge is -2.15. The average Bonchev–Trinajstić information content (AvgIpc) is 3.28. The van der Waals surface area contributed by atoms with Crippen LogP contribution in [0.4, 0.5) is 0 Å². The largest absolute Gasteiger partial charge is 0.467 e. The highest BCUT2D eigenvalue weighted by molar-refractivity contribution is 5.96. The van der Waals surface area contributed by atoms with Gasteiger partial charge in [0.15, 0.2) is 0 Å². The van der Waals surface area contributed by atoms with Crippen molar-refractivity contribution >= 4 is 5.91 Å². The standard InChI is InChI=1S/C26H28N6O2/c1-16(2)24-30-31-26(34-5)32(24)23-11-20(19-8-6-17(3)7-9-19)10-21(12-23)25(33)29-15-22-14-27-18(4)13-28-22/h6-14,16H,15H2,1-5H3,(H,29,33). The van der Waals surface area contributed by atoms with Crippen molar-refractivity contribution in [2.24, 2.45) is 0 Å². The molecule has 4 rings (SSSR count). The van der Waals surface area contributed by atoms with Gasteiger partial charge in [-0.3, -0.25) is 14.8 Å². The molecule has 174 valence electrons. The van der Waals surface area contributed by atoms with Crippen LogP contribution in [0.15, 0.2) is 54.9 Å². The first-order valence-corrected chi connectivity index (χ1v) is 11.1. The molecule has 0 saturated heterocycles. The molecule has 0 aliphatic heterocycles. The number of carbonyl (C=O) groups is 1. The van der Waals surface area contributed by atoms with Crippen molar-refractivity contribution in [1.82, 2.24) is 30.0 Å². The molecule has 0 aliphatic carbocycles. The summed E-state index contributed by atoms with van der Waals surface area (Å²) in [7, 11) is 1.56. The van der Waals surface area contributed by atoms with E-state index in [1.165, 1.54) is 5.56 Å². The number of ether oxygens (including phenoxy) is 1. The number of hydrogen-bond donors (Lipinski definition) is 1. The lowest BCUT2D eigenvalue weighted by molar-refractivity contribution is 0.0950. The third-order valence-electron chi connectivity index (χ3n) is 5.44. The van der Waals surface area contributed by atoms with Crippen LogP contribution in [-0.4, -0.2) is 37.7 Å². The maximum absolute atomic E-state index is 13.2. The molecule has 0 radical (unpaired) electrons. The van der Waals surface area contributed by atoms with E-state index in [0.29, 0.717) is 17.3 Å². The van der Waals surface area contributed by atoms with Crippen LogP contribution in [0.5, 0.6) is 6.01 Å². The Morgan fingerprint density at radius 1 is 1.00 bits per heavy atom. The van der Waals surface area contributed by atoms with E-state index in [2.05, 4.69) is 37.6 Å². The van der Waals surface area contributed by atoms with Crippen LogP contribution in [0.1, 0.15) is 52.9 Å². The van der Waals surface area contributed by atoms with Gasteiger partial charge in [0, 0.05) is 17.7 Å². The Morgan fingerprint density at radius 2 is 1.76 bits per heavy atom. The average molecular weight is 457 g/mol. The molecule has 8 nitrogen and oxygen atoms in total. The predicted molar refractivity (Wildman–Crippen MR) is 130 cm³/mol. The van der Waals surface area contributed by atoms with E-state index < -0.39 is 0 Å². The maximum atomic E-state index is 13.2. The molecule has 0 spiro atoms. The second-order valence-electron chi connectivity index (χ2n) is 8.50. The molecule has 0 bridgehead atoms. The number of carbonyl (C=O) groups excluding carboxylic acids is 1. The van der Waals surface area contributed by atoms with Crippen LogP contribution >= 0.6 is 0 Å². The van der Waals surface area contributed by atoms with Crippen LogP contribution in [0, 0.1) is 13.8 Å². The van der Waals surface area contributed by atoms with E-state index in [-0.39, 0.29) is 18.4 Å². The minimum absolute atomic E-state index is 0.108. The Hall–Kier alpha value is -4.07. The number of benzene rings is 2. The number of hydrogen-bond acceptors (Lipinski definition) is 6. The van der Waals surface area contributed by atoms with E-state index in [9.17, 15) is 4.79 Å². The summed E-state index contributed by atoms with van der Waals surface area (Å²) < 4.78 is 7.33. The zero-order valence-electron chi connectivity index (χ0n) is 20.0. The highest BCUT2D eigenvalue weighted by Crippen LogP contribution is 2.29. The molecule has 1 N–H and O–H groups in total. The molecule has 2 aromatic carbocycles. The topological polar surface area (TPSA) is 94.8 Å². The molecule has 0 unspecified atom stereocenters. The highest BCUT2D eigenvalue weighted by atomic mass is 16.5. The Balaban J connectivity index is 1.76. The summed E-state index contributed by atoms with van der Waals surface area (Å²) in [6, 6.07) is 14.3. The van der Waals surface area contributed by atoms with Gasteiger partial charge < -0.3 is 10.1 Å². The summed E-state index contributed by atoms with van der Waals surface area (Å²) in [6.07, 6.45) is 3.35. The second-order valence-corrected chi connectivity index (χ2v) is 8.50. The third-order valence-corrected chi connectivity index (χ3v) is 5.44. The summed E-state index contributed by atoms with van der Waals surface area (Å²) in [6.45, 7) is 8.28. The molecule has 2 heterocycles. The molecule has 0 aliphatic rings. The summed E-state index contributed by atoms with van der Waals surface area (Å²) in [4.78, 5) is 21.7. The van der Waals surface area contributed by atoms with Crippen molar-refractivity contribution in [1.29, 1.82) is 0 Å². The first-order valence-electron chi connectivity index (χ1n) is 11.1. The minimum Gasteiger partial charge on any atom is -0.467 e. The summed E-state index contributed by atoms with van der Waals surface area (Å²) in [5, 5.41) is 11.4. The molecule has 0 saturated carbocycles. The van der Waals surface area contributed by atoms with Crippen LogP contribution in [-0.2, 0) is 6.54 Å². The molecule has 2 aromatic heterocycles. The first-order chi connectivity index (χ1) is 16.4. The van der Waals surface area contributed by atoms with Gasteiger partial charge in [-0.25, -0.2) is 4.57 Å². The molecule has 4 aromatic rings. The Morgan fingerprint density at radius 3 is 2.41 bits per heavy atom. The summed E-state index contributed by atoms with van der Waals surface area (Å²) in [5.74, 6) is 0.645. The van der Waals surface area contributed by atoms with Crippen LogP contribution in [0.25, 0.3) is 16.8 Å². The zero-order chi connectivity index (χ0) is 24.2. The van der Waals surface area contributed by atoms with E-state index in [0.717, 1.165) is 28.3 Å². The number of aryl methyl sites for hydroxylation is 2. The highest BCUT2D eigenvalue weighted by Gasteiger charge is 2.20. The van der Waals surface area contributed by atoms with E-state index in [1.54, 1.807) is 19.5 Å². The Kier molecular flexibility index (Phi) is 6.67. The zero-order valence-corrected chi connectivity index (χ0v) is 20.0. The normalized spacial score (nSPS) is 11.0. The molecule has 8 heteroatoms. The second kappa shape index (κ2) is 9.82. The van der Waals surface area contributed by atoms with Crippen molar-refractivity contribution in [3.63, 3.8) is 0 Å². The van der Waals surface area contributed by atoms with Gasteiger partial charge in [-0.05, 0) is 43.2 Å². The number of nitrogens with one attached hydrogen (secondary N) is 1. The lowest BCUT2D eigenvalue weighted by Crippen LogP contribution is -2.23. The van der Waals surface area contributed by atoms with Crippen molar-refractivity contribution < 1.29 is 9.53 Å². The van der Waals surface area contributed by atoms with Gasteiger partial charge in [0.2, 0.25) is 0 Å². The van der Waals surface area contributed by atoms with Gasteiger partial charge >= 0.3 is 6.01 Å². The van der Waals surface area contributed by atoms with Gasteiger partial charge in [-0.2, -0.15) is 0 Å². The fourth-order valence-electron chi connectivity index (χ4n) is 3.60. The van der Waals surface area contributed by atoms with Gasteiger partial charge in [0.25, 0.3) is 5.91 Å². The van der Waals surface area contributed by atoms with Gasteiger partial charge in [0.1, 0.15) is 5.82 Å². The quantitative estimate of drug-likeness (QED) is 0.443. The molecule has 0 atom stereocenters. The molecular formula is C26H28N6O2. The number of amides is 1. The predicted octanol–water partition coefficient (Wildman–Crippen LogP) is 4.40. The Labute approximate surface area is 199 Å². The number of rotatable bonds is 7. The van der Waals surface area contributed by atoms with Crippen molar-refractivity contribution in [3.05, 3.63) is 83.2 Å². The summed E-state index contributed by atoms with van der Waals surface area (Å²) >= 11 is 0. The fourth-order valence-corrected chi connectivity index (χ4v) is 3.60. The number of nitrogens with zero attached hydrogens (tertiary/aromatic N) is 5. The fraction of sp³-hybridized carbons (Fsp3) is 0.269. The lowest BCUT2D eigenvalue weighted by atomic mass is 10.00. The van der Waals surface area contributed by atoms with Gasteiger partial charge in [-0.15, -0.1) is 5.10 Å². The first kappa shape index (κ1) is 23.1. The summed E-state index contributed by atoms with van der Waals surface area (Å²) in [5.41, 5.74) is 5.86. The van der Waals surface area contributed by atoms with Crippen LogP contribution in [0.3, 0.4) is 0 Å². The smallest absolute Gasteiger partial charge is 0.321 e. The number of aromatic nitrogens is 5. The molecule has 34 heavy (non-hydrogen) atoms. The number of methoxy groups -OCH3 is 1. The Bertz CT molecular complexity index is 1290. The monoisotopic (exact) mass is 456 g/mol. The third kappa shape index (κ3) is 4.96. The maximum Gasteiger partial charge on any atom is 0.321 e. The van der Waals surface area contributed by atoms with Crippen molar-refractivity contribution in [2.45, 2.75) is 40.2 Å². The minimum atomic E-state index is -0.212. The van der Waals surface area contributed by atoms with Crippen LogP contribution in [0.2, 0.25) is 0 Å².